The maximum atomic E-state index is 11.9. The molecule has 1 heterocycles. The number of carboxylic acid groups (broad SMARTS) is 1. The summed E-state index contributed by atoms with van der Waals surface area (Å²) in [5.41, 5.74) is 1.13. The second-order valence-corrected chi connectivity index (χ2v) is 5.14. The molecule has 2 aromatic rings. The Morgan fingerprint density at radius 2 is 2.15 bits per heavy atom. The summed E-state index contributed by atoms with van der Waals surface area (Å²) in [7, 11) is 0. The van der Waals surface area contributed by atoms with Gasteiger partial charge in [0.05, 0.1) is 5.69 Å². The third-order valence-corrected chi connectivity index (χ3v) is 4.03. The molecule has 20 heavy (non-hydrogen) atoms. The van der Waals surface area contributed by atoms with E-state index in [9.17, 15) is 9.59 Å². The van der Waals surface area contributed by atoms with Gasteiger partial charge in [-0.1, -0.05) is 19.1 Å². The first kappa shape index (κ1) is 14.5. The predicted octanol–water partition coefficient (Wildman–Crippen LogP) is 2.56. The minimum Gasteiger partial charge on any atom is -0.476 e. The van der Waals surface area contributed by atoms with E-state index < -0.39 is 17.1 Å². The van der Waals surface area contributed by atoms with E-state index in [0.29, 0.717) is 17.7 Å². The van der Waals surface area contributed by atoms with Crippen LogP contribution in [0, 0.1) is 6.92 Å². The number of rotatable bonds is 3. The Balaban J connectivity index is 2.75. The first-order valence-corrected chi connectivity index (χ1v) is 6.86. The van der Waals surface area contributed by atoms with E-state index >= 15 is 0 Å². The molecule has 0 saturated carbocycles. The van der Waals surface area contributed by atoms with Crippen molar-refractivity contribution in [2.45, 2.75) is 20.3 Å². The van der Waals surface area contributed by atoms with E-state index in [1.807, 2.05) is 19.1 Å². The van der Waals surface area contributed by atoms with Crippen molar-refractivity contribution in [1.82, 2.24) is 9.78 Å². The molecule has 6 heteroatoms. The standard InChI is InChI=1S/C14H13BrN2O3/c1-3-9-7-17(16-12(13(9)18)14(19)20)10-6-4-5-8(2)11(10)15/h4-7H,3H2,1-2H3,(H,19,20). The summed E-state index contributed by atoms with van der Waals surface area (Å²) < 4.78 is 2.25. The smallest absolute Gasteiger partial charge is 0.360 e. The summed E-state index contributed by atoms with van der Waals surface area (Å²) >= 11 is 3.46. The Morgan fingerprint density at radius 1 is 1.45 bits per heavy atom. The monoisotopic (exact) mass is 336 g/mol. The van der Waals surface area contributed by atoms with Gasteiger partial charge in [-0.3, -0.25) is 4.79 Å². The molecule has 1 N–H and O–H groups in total. The van der Waals surface area contributed by atoms with Crippen LogP contribution in [0.2, 0.25) is 0 Å². The van der Waals surface area contributed by atoms with E-state index in [2.05, 4.69) is 21.0 Å². The molecule has 0 aliphatic carbocycles. The van der Waals surface area contributed by atoms with Crippen molar-refractivity contribution >= 4 is 21.9 Å². The van der Waals surface area contributed by atoms with Crippen LogP contribution in [0.1, 0.15) is 28.5 Å². The molecule has 2 rings (SSSR count). The summed E-state index contributed by atoms with van der Waals surface area (Å²) in [6, 6.07) is 5.58. The van der Waals surface area contributed by atoms with Crippen molar-refractivity contribution < 1.29 is 9.90 Å². The van der Waals surface area contributed by atoms with Gasteiger partial charge in [-0.2, -0.15) is 5.10 Å². The van der Waals surface area contributed by atoms with Crippen molar-refractivity contribution in [1.29, 1.82) is 0 Å². The molecule has 0 spiro atoms. The van der Waals surface area contributed by atoms with Crippen LogP contribution in [0.5, 0.6) is 0 Å². The third kappa shape index (κ3) is 2.51. The third-order valence-electron chi connectivity index (χ3n) is 2.99. The maximum Gasteiger partial charge on any atom is 0.360 e. The van der Waals surface area contributed by atoms with Gasteiger partial charge in [-0.25, -0.2) is 9.48 Å². The predicted molar refractivity (Wildman–Crippen MR) is 78.6 cm³/mol. The van der Waals surface area contributed by atoms with Crippen molar-refractivity contribution in [2.24, 2.45) is 0 Å². The summed E-state index contributed by atoms with van der Waals surface area (Å²) in [5, 5.41) is 13.0. The van der Waals surface area contributed by atoms with E-state index in [4.69, 9.17) is 5.11 Å². The number of halogens is 1. The maximum absolute atomic E-state index is 11.9. The lowest BCUT2D eigenvalue weighted by Gasteiger charge is -2.11. The van der Waals surface area contributed by atoms with Crippen LogP contribution in [-0.4, -0.2) is 20.9 Å². The lowest BCUT2D eigenvalue weighted by atomic mass is 10.2. The highest BCUT2D eigenvalue weighted by Crippen LogP contribution is 2.24. The molecule has 0 radical (unpaired) electrons. The van der Waals surface area contributed by atoms with E-state index in [1.165, 1.54) is 4.68 Å². The summed E-state index contributed by atoms with van der Waals surface area (Å²) in [4.78, 5) is 23.0. The SMILES string of the molecule is CCc1cn(-c2cccc(C)c2Br)nc(C(=O)O)c1=O. The molecule has 0 fully saturated rings. The lowest BCUT2D eigenvalue weighted by molar-refractivity contribution is 0.0686. The lowest BCUT2D eigenvalue weighted by Crippen LogP contribution is -2.24. The van der Waals surface area contributed by atoms with Crippen molar-refractivity contribution in [2.75, 3.05) is 0 Å². The fraction of sp³-hybridized carbons (Fsp3) is 0.214. The summed E-state index contributed by atoms with van der Waals surface area (Å²) in [6.45, 7) is 3.73. The topological polar surface area (TPSA) is 72.2 Å². The van der Waals surface area contributed by atoms with Crippen LogP contribution in [0.4, 0.5) is 0 Å². The van der Waals surface area contributed by atoms with Crippen LogP contribution < -0.4 is 5.43 Å². The highest BCUT2D eigenvalue weighted by atomic mass is 79.9. The Morgan fingerprint density at radius 3 is 2.75 bits per heavy atom. The van der Waals surface area contributed by atoms with Gasteiger partial charge in [0.15, 0.2) is 0 Å². The van der Waals surface area contributed by atoms with Gasteiger partial charge in [0, 0.05) is 16.2 Å². The first-order valence-electron chi connectivity index (χ1n) is 6.07. The highest BCUT2D eigenvalue weighted by molar-refractivity contribution is 9.10. The number of benzene rings is 1. The Kier molecular flexibility index (Phi) is 4.04. The van der Waals surface area contributed by atoms with E-state index in [0.717, 1.165) is 10.0 Å². The quantitative estimate of drug-likeness (QED) is 0.934. The number of carbonyl (C=O) groups is 1. The van der Waals surface area contributed by atoms with Crippen molar-refractivity contribution in [3.8, 4) is 5.69 Å². The number of aromatic carboxylic acids is 1. The highest BCUT2D eigenvalue weighted by Gasteiger charge is 2.16. The van der Waals surface area contributed by atoms with E-state index in [-0.39, 0.29) is 0 Å². The molecule has 5 nitrogen and oxygen atoms in total. The molecule has 1 aromatic heterocycles. The van der Waals surface area contributed by atoms with Crippen LogP contribution in [0.15, 0.2) is 33.7 Å². The van der Waals surface area contributed by atoms with Gasteiger partial charge in [0.1, 0.15) is 0 Å². The average Bonchev–Trinajstić information content (AvgIpc) is 2.42. The molecule has 0 bridgehead atoms. The zero-order valence-corrected chi connectivity index (χ0v) is 12.6. The molecule has 0 saturated heterocycles. The fourth-order valence-corrected chi connectivity index (χ4v) is 2.31. The van der Waals surface area contributed by atoms with Crippen LogP contribution >= 0.6 is 15.9 Å². The van der Waals surface area contributed by atoms with Crippen LogP contribution in [0.25, 0.3) is 5.69 Å². The molecule has 0 aliphatic heterocycles. The van der Waals surface area contributed by atoms with E-state index in [1.54, 1.807) is 19.2 Å². The molecule has 1 aromatic carbocycles. The van der Waals surface area contributed by atoms with Gasteiger partial charge in [0.2, 0.25) is 11.1 Å². The molecule has 0 amide bonds. The average molecular weight is 337 g/mol. The number of aromatic nitrogens is 2. The van der Waals surface area contributed by atoms with Crippen molar-refractivity contribution in [3.63, 3.8) is 0 Å². The Bertz CT molecular complexity index is 738. The number of carboxylic acids is 1. The first-order chi connectivity index (χ1) is 9.45. The second kappa shape index (κ2) is 5.58. The number of aryl methyl sites for hydroxylation is 2. The molecule has 0 atom stereocenters. The number of nitrogens with zero attached hydrogens (tertiary/aromatic N) is 2. The van der Waals surface area contributed by atoms with Gasteiger partial charge in [-0.05, 0) is 40.9 Å². The largest absolute Gasteiger partial charge is 0.476 e. The minimum absolute atomic E-state index is 0.422. The molecule has 0 unspecified atom stereocenters. The Labute approximate surface area is 124 Å². The van der Waals surface area contributed by atoms with Crippen LogP contribution in [-0.2, 0) is 6.42 Å². The number of hydrogen-bond acceptors (Lipinski definition) is 3. The van der Waals surface area contributed by atoms with Gasteiger partial charge < -0.3 is 5.11 Å². The normalized spacial score (nSPS) is 10.6. The molecular weight excluding hydrogens is 324 g/mol. The van der Waals surface area contributed by atoms with Gasteiger partial charge in [0.25, 0.3) is 0 Å². The summed E-state index contributed by atoms with van der Waals surface area (Å²) in [6.07, 6.45) is 2.03. The minimum atomic E-state index is -1.32. The van der Waals surface area contributed by atoms with Gasteiger partial charge >= 0.3 is 5.97 Å². The van der Waals surface area contributed by atoms with Gasteiger partial charge in [-0.15, -0.1) is 0 Å². The molecule has 0 aliphatic rings. The van der Waals surface area contributed by atoms with Crippen LogP contribution in [0.3, 0.4) is 0 Å². The fourth-order valence-electron chi connectivity index (χ4n) is 1.86. The Hall–Kier alpha value is -1.95. The zero-order valence-electron chi connectivity index (χ0n) is 11.1. The molecular formula is C14H13BrN2O3. The zero-order chi connectivity index (χ0) is 14.9. The number of hydrogen-bond donors (Lipinski definition) is 1. The second-order valence-electron chi connectivity index (χ2n) is 4.34. The molecule has 104 valence electrons. The summed E-state index contributed by atoms with van der Waals surface area (Å²) in [5.74, 6) is -1.32. The van der Waals surface area contributed by atoms with Crippen molar-refractivity contribution in [3.05, 3.63) is 55.9 Å².